The van der Waals surface area contributed by atoms with Crippen LogP contribution >= 0.6 is 0 Å². The van der Waals surface area contributed by atoms with Crippen molar-refractivity contribution in [1.82, 2.24) is 0 Å². The molecule has 0 saturated heterocycles. The van der Waals surface area contributed by atoms with Gasteiger partial charge in [0.25, 0.3) is 0 Å². The predicted octanol–water partition coefficient (Wildman–Crippen LogP) is 8.02. The zero-order valence-electron chi connectivity index (χ0n) is 20.9. The molecular weight excluding hydrogens is 364 g/mol. The molecule has 0 heterocycles. The van der Waals surface area contributed by atoms with Gasteiger partial charge in [-0.3, -0.25) is 0 Å². The Bertz CT molecular complexity index is 634. The lowest BCUT2D eigenvalue weighted by molar-refractivity contribution is -0.0575. The molecule has 0 aliphatic heterocycles. The van der Waals surface area contributed by atoms with Crippen molar-refractivity contribution in [3.05, 3.63) is 11.6 Å². The highest BCUT2D eigenvalue weighted by atomic mass is 16.3. The molecule has 3 saturated carbocycles. The fourth-order valence-corrected chi connectivity index (χ4v) is 9.30. The minimum absolute atomic E-state index is 0.0794. The highest BCUT2D eigenvalue weighted by molar-refractivity contribution is 5.25. The number of aliphatic hydroxyl groups is 1. The smallest absolute Gasteiger partial charge is 0.0577 e. The number of allylic oxidation sites excluding steroid dienone is 1. The van der Waals surface area contributed by atoms with E-state index in [0.29, 0.717) is 10.8 Å². The normalized spacial score (nSPS) is 45.3. The molecule has 0 bridgehead atoms. The van der Waals surface area contributed by atoms with Gasteiger partial charge in [-0.25, -0.2) is 0 Å². The van der Waals surface area contributed by atoms with Crippen molar-refractivity contribution in [1.29, 1.82) is 0 Å². The Morgan fingerprint density at radius 2 is 1.77 bits per heavy atom. The second-order valence-electron chi connectivity index (χ2n) is 12.9. The number of fused-ring (bicyclic) bond motifs is 5. The monoisotopic (exact) mass is 414 g/mol. The van der Waals surface area contributed by atoms with Gasteiger partial charge in [0.2, 0.25) is 0 Å². The summed E-state index contributed by atoms with van der Waals surface area (Å²) < 4.78 is 0. The van der Waals surface area contributed by atoms with Gasteiger partial charge in [-0.15, -0.1) is 0 Å². The van der Waals surface area contributed by atoms with Crippen molar-refractivity contribution in [2.75, 3.05) is 0 Å². The average Bonchev–Trinajstić information content (AvgIpc) is 3.06. The predicted molar refractivity (Wildman–Crippen MR) is 128 cm³/mol. The lowest BCUT2D eigenvalue weighted by atomic mass is 9.47. The number of hydrogen-bond acceptors (Lipinski definition) is 1. The molecule has 7 unspecified atom stereocenters. The summed E-state index contributed by atoms with van der Waals surface area (Å²) >= 11 is 0. The fourth-order valence-electron chi connectivity index (χ4n) is 9.30. The van der Waals surface area contributed by atoms with Gasteiger partial charge in [-0.2, -0.15) is 0 Å². The molecule has 30 heavy (non-hydrogen) atoms. The van der Waals surface area contributed by atoms with Gasteiger partial charge in [0, 0.05) is 0 Å². The zero-order valence-corrected chi connectivity index (χ0v) is 20.9. The lowest BCUT2D eigenvalue weighted by Gasteiger charge is -2.58. The van der Waals surface area contributed by atoms with Crippen LogP contribution < -0.4 is 0 Å². The van der Waals surface area contributed by atoms with Crippen LogP contribution in [0.25, 0.3) is 0 Å². The Kier molecular flexibility index (Phi) is 6.53. The highest BCUT2D eigenvalue weighted by Crippen LogP contribution is 2.67. The number of rotatable bonds is 6. The summed E-state index contributed by atoms with van der Waals surface area (Å²) in [6.07, 6.45) is 17.1. The molecule has 1 N–H and O–H groups in total. The van der Waals surface area contributed by atoms with E-state index in [2.05, 4.69) is 47.6 Å². The minimum atomic E-state index is -0.0794. The fraction of sp³-hybridized carbons (Fsp3) is 0.931. The summed E-state index contributed by atoms with van der Waals surface area (Å²) in [5.41, 5.74) is 2.59. The second-order valence-corrected chi connectivity index (χ2v) is 12.9. The molecule has 172 valence electrons. The standard InChI is InChI=1S/C29H50O/c1-7-21(19(2)3)9-8-20(4)25-12-13-26-24-11-10-22-18-23(30)14-16-28(22,5)27(24)15-17-29(25,26)6/h10,19-21,23-27,30H,7-9,11-18H2,1-6H3/t20?,21?,23?,24?,25?,26?,27?,28-,29+/m1/s1. The van der Waals surface area contributed by atoms with Crippen molar-refractivity contribution < 1.29 is 5.11 Å². The summed E-state index contributed by atoms with van der Waals surface area (Å²) in [5, 5.41) is 10.2. The van der Waals surface area contributed by atoms with E-state index in [1.54, 1.807) is 5.57 Å². The largest absolute Gasteiger partial charge is 0.393 e. The molecule has 1 heteroatoms. The van der Waals surface area contributed by atoms with Gasteiger partial charge in [-0.05, 0) is 110 Å². The first-order valence-electron chi connectivity index (χ1n) is 13.6. The van der Waals surface area contributed by atoms with Crippen LogP contribution in [0, 0.1) is 52.3 Å². The molecule has 1 nitrogen and oxygen atoms in total. The third-order valence-electron chi connectivity index (χ3n) is 11.3. The van der Waals surface area contributed by atoms with Gasteiger partial charge in [0.05, 0.1) is 6.10 Å². The van der Waals surface area contributed by atoms with Gasteiger partial charge < -0.3 is 5.11 Å². The van der Waals surface area contributed by atoms with Crippen LogP contribution in [0.15, 0.2) is 11.6 Å². The van der Waals surface area contributed by atoms with E-state index in [9.17, 15) is 5.11 Å². The van der Waals surface area contributed by atoms with E-state index >= 15 is 0 Å². The van der Waals surface area contributed by atoms with E-state index in [1.165, 1.54) is 57.8 Å². The topological polar surface area (TPSA) is 20.2 Å². The van der Waals surface area contributed by atoms with Gasteiger partial charge in [0.1, 0.15) is 0 Å². The minimum Gasteiger partial charge on any atom is -0.393 e. The molecule has 4 aliphatic rings. The van der Waals surface area contributed by atoms with Gasteiger partial charge >= 0.3 is 0 Å². The second kappa shape index (κ2) is 8.57. The first kappa shape index (κ1) is 22.9. The van der Waals surface area contributed by atoms with Crippen molar-refractivity contribution in [3.8, 4) is 0 Å². The maximum atomic E-state index is 10.2. The van der Waals surface area contributed by atoms with Crippen LogP contribution in [0.3, 0.4) is 0 Å². The molecule has 0 aromatic rings. The third-order valence-corrected chi connectivity index (χ3v) is 11.3. The summed E-state index contributed by atoms with van der Waals surface area (Å²) in [7, 11) is 0. The van der Waals surface area contributed by atoms with Crippen LogP contribution in [0.2, 0.25) is 0 Å². The maximum Gasteiger partial charge on any atom is 0.0577 e. The summed E-state index contributed by atoms with van der Waals surface area (Å²) in [6.45, 7) is 15.1. The van der Waals surface area contributed by atoms with E-state index in [0.717, 1.165) is 54.3 Å². The van der Waals surface area contributed by atoms with Crippen LogP contribution in [-0.4, -0.2) is 11.2 Å². The molecule has 0 amide bonds. The zero-order chi connectivity index (χ0) is 21.7. The lowest BCUT2D eigenvalue weighted by Crippen LogP contribution is -2.50. The third kappa shape index (κ3) is 3.74. The van der Waals surface area contributed by atoms with Crippen LogP contribution in [-0.2, 0) is 0 Å². The van der Waals surface area contributed by atoms with E-state index in [4.69, 9.17) is 0 Å². The van der Waals surface area contributed by atoms with E-state index in [-0.39, 0.29) is 6.10 Å². The Balaban J connectivity index is 1.47. The van der Waals surface area contributed by atoms with Crippen molar-refractivity contribution in [2.45, 2.75) is 118 Å². The first-order chi connectivity index (χ1) is 14.2. The summed E-state index contributed by atoms with van der Waals surface area (Å²) in [6, 6.07) is 0. The number of aliphatic hydroxyl groups excluding tert-OH is 1. The van der Waals surface area contributed by atoms with Crippen molar-refractivity contribution in [2.24, 2.45) is 52.3 Å². The van der Waals surface area contributed by atoms with Crippen LogP contribution in [0.4, 0.5) is 0 Å². The van der Waals surface area contributed by atoms with Gasteiger partial charge in [-0.1, -0.05) is 66.0 Å². The molecule has 4 rings (SSSR count). The van der Waals surface area contributed by atoms with E-state index in [1.807, 2.05) is 0 Å². The number of hydrogen-bond donors (Lipinski definition) is 1. The Hall–Kier alpha value is -0.300. The molecule has 0 aromatic carbocycles. The summed E-state index contributed by atoms with van der Waals surface area (Å²) in [5.74, 6) is 6.31. The highest BCUT2D eigenvalue weighted by Gasteiger charge is 2.59. The van der Waals surface area contributed by atoms with E-state index < -0.39 is 0 Å². The maximum absolute atomic E-state index is 10.2. The molecular formula is C29H50O. The summed E-state index contributed by atoms with van der Waals surface area (Å²) in [4.78, 5) is 0. The van der Waals surface area contributed by atoms with Crippen molar-refractivity contribution >= 4 is 0 Å². The Morgan fingerprint density at radius 3 is 2.47 bits per heavy atom. The van der Waals surface area contributed by atoms with Gasteiger partial charge in [0.15, 0.2) is 0 Å². The molecule has 3 fully saturated rings. The average molecular weight is 415 g/mol. The Morgan fingerprint density at radius 1 is 1.00 bits per heavy atom. The molecule has 0 spiro atoms. The SMILES string of the molecule is CCC(CCC(C)C1CCC2C3CC=C4CC(O)CC[C@@]4(C)C3CC[C@@]12C)C(C)C. The first-order valence-corrected chi connectivity index (χ1v) is 13.6. The molecule has 9 atom stereocenters. The molecule has 0 radical (unpaired) electrons. The quantitative estimate of drug-likeness (QED) is 0.436. The van der Waals surface area contributed by atoms with Crippen LogP contribution in [0.1, 0.15) is 112 Å². The van der Waals surface area contributed by atoms with Crippen LogP contribution in [0.5, 0.6) is 0 Å². The molecule has 0 aromatic heterocycles. The van der Waals surface area contributed by atoms with Crippen molar-refractivity contribution in [3.63, 3.8) is 0 Å². The Labute approximate surface area is 187 Å². The molecule has 4 aliphatic carbocycles.